The molecule has 1 aromatic rings. The second-order valence-electron chi connectivity index (χ2n) is 4.57. The van der Waals surface area contributed by atoms with Gasteiger partial charge in [0.15, 0.2) is 0 Å². The topological polar surface area (TPSA) is 58.4 Å². The van der Waals surface area contributed by atoms with Crippen molar-refractivity contribution >= 4 is 5.97 Å². The average Bonchev–Trinajstić information content (AvgIpc) is 2.96. The van der Waals surface area contributed by atoms with Gasteiger partial charge in [-0.2, -0.15) is 5.10 Å². The number of carboxylic acid groups (broad SMARTS) is 1. The van der Waals surface area contributed by atoms with Crippen molar-refractivity contribution in [2.45, 2.75) is 38.3 Å². The SMILES string of the molecule is O=C(O)CN(CCn1cccn1)C1CCCC1. The van der Waals surface area contributed by atoms with E-state index in [1.807, 2.05) is 16.9 Å². The van der Waals surface area contributed by atoms with E-state index in [9.17, 15) is 4.79 Å². The standard InChI is InChI=1S/C12H19N3O2/c16-12(17)10-14(11-4-1-2-5-11)8-9-15-7-3-6-13-15/h3,6-7,11H,1-2,4-5,8-10H2,(H,16,17). The molecule has 0 aromatic carbocycles. The lowest BCUT2D eigenvalue weighted by atomic mass is 10.2. The molecule has 0 atom stereocenters. The molecule has 1 heterocycles. The fourth-order valence-electron chi connectivity index (χ4n) is 2.50. The summed E-state index contributed by atoms with van der Waals surface area (Å²) in [4.78, 5) is 12.9. The summed E-state index contributed by atoms with van der Waals surface area (Å²) in [5.41, 5.74) is 0. The summed E-state index contributed by atoms with van der Waals surface area (Å²) < 4.78 is 1.85. The molecule has 1 fully saturated rings. The first-order chi connectivity index (χ1) is 8.25. The molecule has 1 aliphatic carbocycles. The molecule has 5 nitrogen and oxygen atoms in total. The fraction of sp³-hybridized carbons (Fsp3) is 0.667. The van der Waals surface area contributed by atoms with E-state index in [2.05, 4.69) is 10.00 Å². The highest BCUT2D eigenvalue weighted by atomic mass is 16.4. The lowest BCUT2D eigenvalue weighted by Gasteiger charge is -2.26. The molecule has 0 spiro atoms. The average molecular weight is 237 g/mol. The molecule has 0 saturated heterocycles. The molecular formula is C12H19N3O2. The van der Waals surface area contributed by atoms with Gasteiger partial charge in [-0.3, -0.25) is 14.4 Å². The molecule has 0 unspecified atom stereocenters. The van der Waals surface area contributed by atoms with Crippen LogP contribution in [0.1, 0.15) is 25.7 Å². The van der Waals surface area contributed by atoms with Crippen LogP contribution < -0.4 is 0 Å². The van der Waals surface area contributed by atoms with Crippen molar-refractivity contribution < 1.29 is 9.90 Å². The Morgan fingerprint density at radius 3 is 2.82 bits per heavy atom. The molecule has 0 amide bonds. The van der Waals surface area contributed by atoms with Gasteiger partial charge in [-0.25, -0.2) is 0 Å². The van der Waals surface area contributed by atoms with E-state index in [1.54, 1.807) is 6.20 Å². The molecule has 0 aliphatic heterocycles. The predicted octanol–water partition coefficient (Wildman–Crippen LogP) is 1.21. The summed E-state index contributed by atoms with van der Waals surface area (Å²) in [6.07, 6.45) is 8.37. The minimum atomic E-state index is -0.739. The Hall–Kier alpha value is -1.36. The van der Waals surface area contributed by atoms with Gasteiger partial charge in [0.25, 0.3) is 0 Å². The van der Waals surface area contributed by atoms with E-state index < -0.39 is 5.97 Å². The number of hydrogen-bond donors (Lipinski definition) is 1. The molecule has 0 bridgehead atoms. The Bertz CT molecular complexity index is 345. The lowest BCUT2D eigenvalue weighted by molar-refractivity contribution is -0.139. The molecule has 1 saturated carbocycles. The third-order valence-electron chi connectivity index (χ3n) is 3.35. The number of nitrogens with zero attached hydrogens (tertiary/aromatic N) is 3. The summed E-state index contributed by atoms with van der Waals surface area (Å²) in [6, 6.07) is 2.33. The van der Waals surface area contributed by atoms with Crippen molar-refractivity contribution in [3.63, 3.8) is 0 Å². The minimum Gasteiger partial charge on any atom is -0.480 e. The molecule has 2 rings (SSSR count). The molecule has 1 aromatic heterocycles. The van der Waals surface area contributed by atoms with Crippen LogP contribution in [0.25, 0.3) is 0 Å². The first kappa shape index (κ1) is 12.1. The van der Waals surface area contributed by atoms with Crippen LogP contribution >= 0.6 is 0 Å². The minimum absolute atomic E-state index is 0.145. The van der Waals surface area contributed by atoms with Crippen molar-refractivity contribution in [3.8, 4) is 0 Å². The summed E-state index contributed by atoms with van der Waals surface area (Å²) in [5, 5.41) is 13.1. The van der Waals surface area contributed by atoms with Gasteiger partial charge in [-0.15, -0.1) is 0 Å². The smallest absolute Gasteiger partial charge is 0.317 e. The van der Waals surface area contributed by atoms with Crippen LogP contribution in [-0.4, -0.2) is 44.9 Å². The zero-order valence-electron chi connectivity index (χ0n) is 9.96. The number of carbonyl (C=O) groups is 1. The zero-order valence-corrected chi connectivity index (χ0v) is 9.96. The van der Waals surface area contributed by atoms with Crippen LogP contribution in [0.2, 0.25) is 0 Å². The quantitative estimate of drug-likeness (QED) is 0.808. The second-order valence-corrected chi connectivity index (χ2v) is 4.57. The van der Waals surface area contributed by atoms with Gasteiger partial charge in [0.1, 0.15) is 0 Å². The van der Waals surface area contributed by atoms with Crippen molar-refractivity contribution in [2.75, 3.05) is 13.1 Å². The monoisotopic (exact) mass is 237 g/mol. The Morgan fingerprint density at radius 1 is 1.47 bits per heavy atom. The first-order valence-corrected chi connectivity index (χ1v) is 6.19. The molecule has 94 valence electrons. The second kappa shape index (κ2) is 5.82. The Balaban J connectivity index is 1.88. The molecular weight excluding hydrogens is 218 g/mol. The van der Waals surface area contributed by atoms with Crippen molar-refractivity contribution in [3.05, 3.63) is 18.5 Å². The summed E-state index contributed by atoms with van der Waals surface area (Å²) in [7, 11) is 0. The fourth-order valence-corrected chi connectivity index (χ4v) is 2.50. The number of aliphatic carboxylic acids is 1. The van der Waals surface area contributed by atoms with Gasteiger partial charge in [-0.05, 0) is 18.9 Å². The Morgan fingerprint density at radius 2 is 2.24 bits per heavy atom. The largest absolute Gasteiger partial charge is 0.480 e. The maximum atomic E-state index is 10.9. The Kier molecular flexibility index (Phi) is 4.14. The third-order valence-corrected chi connectivity index (χ3v) is 3.35. The Labute approximate surface area is 101 Å². The number of aromatic nitrogens is 2. The maximum Gasteiger partial charge on any atom is 0.317 e. The van der Waals surface area contributed by atoms with Crippen molar-refractivity contribution in [1.82, 2.24) is 14.7 Å². The lowest BCUT2D eigenvalue weighted by Crippen LogP contribution is -2.39. The van der Waals surface area contributed by atoms with Crippen LogP contribution in [0.15, 0.2) is 18.5 Å². The highest BCUT2D eigenvalue weighted by Crippen LogP contribution is 2.23. The van der Waals surface area contributed by atoms with Gasteiger partial charge in [0.2, 0.25) is 0 Å². The number of rotatable bonds is 6. The zero-order chi connectivity index (χ0) is 12.1. The van der Waals surface area contributed by atoms with Crippen molar-refractivity contribution in [2.24, 2.45) is 0 Å². The summed E-state index contributed by atoms with van der Waals surface area (Å²) in [6.45, 7) is 1.67. The maximum absolute atomic E-state index is 10.9. The first-order valence-electron chi connectivity index (χ1n) is 6.19. The van der Waals surface area contributed by atoms with E-state index in [0.29, 0.717) is 6.04 Å². The van der Waals surface area contributed by atoms with Crippen LogP contribution in [0, 0.1) is 0 Å². The van der Waals surface area contributed by atoms with E-state index in [4.69, 9.17) is 5.11 Å². The van der Waals surface area contributed by atoms with E-state index in [0.717, 1.165) is 25.9 Å². The molecule has 1 N–H and O–H groups in total. The van der Waals surface area contributed by atoms with Gasteiger partial charge in [0.05, 0.1) is 13.1 Å². The molecule has 0 radical (unpaired) electrons. The normalized spacial score (nSPS) is 16.8. The van der Waals surface area contributed by atoms with Gasteiger partial charge < -0.3 is 5.11 Å². The number of hydrogen-bond acceptors (Lipinski definition) is 3. The number of carboxylic acids is 1. The molecule has 5 heteroatoms. The van der Waals surface area contributed by atoms with Crippen LogP contribution in [-0.2, 0) is 11.3 Å². The van der Waals surface area contributed by atoms with Gasteiger partial charge in [0, 0.05) is 25.0 Å². The summed E-state index contributed by atoms with van der Waals surface area (Å²) >= 11 is 0. The molecule has 17 heavy (non-hydrogen) atoms. The predicted molar refractivity (Wildman–Crippen MR) is 63.7 cm³/mol. The van der Waals surface area contributed by atoms with Gasteiger partial charge >= 0.3 is 5.97 Å². The van der Waals surface area contributed by atoms with Crippen molar-refractivity contribution in [1.29, 1.82) is 0 Å². The van der Waals surface area contributed by atoms with Crippen LogP contribution in [0.3, 0.4) is 0 Å². The summed E-state index contributed by atoms with van der Waals surface area (Å²) in [5.74, 6) is -0.739. The van der Waals surface area contributed by atoms with Gasteiger partial charge in [-0.1, -0.05) is 12.8 Å². The van der Waals surface area contributed by atoms with Crippen LogP contribution in [0.5, 0.6) is 0 Å². The van der Waals surface area contributed by atoms with E-state index >= 15 is 0 Å². The van der Waals surface area contributed by atoms with E-state index in [-0.39, 0.29) is 6.54 Å². The van der Waals surface area contributed by atoms with E-state index in [1.165, 1.54) is 12.8 Å². The van der Waals surface area contributed by atoms with Crippen LogP contribution in [0.4, 0.5) is 0 Å². The highest BCUT2D eigenvalue weighted by Gasteiger charge is 2.23. The highest BCUT2D eigenvalue weighted by molar-refractivity contribution is 5.69. The molecule has 1 aliphatic rings. The third kappa shape index (κ3) is 3.56.